The van der Waals surface area contributed by atoms with Crippen molar-refractivity contribution in [2.75, 3.05) is 36.6 Å². The van der Waals surface area contributed by atoms with E-state index in [2.05, 4.69) is 5.32 Å². The van der Waals surface area contributed by atoms with Gasteiger partial charge in [-0.25, -0.2) is 4.39 Å². The molecule has 0 aromatic heterocycles. The number of ether oxygens (including phenoxy) is 3. The number of nitrogens with zero attached hydrogens (tertiary/aromatic N) is 1. The van der Waals surface area contributed by atoms with Crippen LogP contribution >= 0.6 is 0 Å². The van der Waals surface area contributed by atoms with Crippen molar-refractivity contribution < 1.29 is 33.0 Å². The lowest BCUT2D eigenvalue weighted by Gasteiger charge is -2.19. The molecule has 1 fully saturated rings. The molecular formula is C21H19FN2O6. The predicted octanol–water partition coefficient (Wildman–Crippen LogP) is 2.13. The standard InChI is InChI=1S/C21H19FN2O6/c22-15-3-1-2-4-16(15)24-11-13(9-20(24)26)21(27)30-12-19(25)23-14-5-6-17-18(10-14)29-8-7-28-17/h1-6,10,13H,7-9,11-12H2,(H,23,25)/t13-/m1/s1. The number of benzene rings is 2. The molecule has 1 N–H and O–H groups in total. The van der Waals surface area contributed by atoms with E-state index in [1.165, 1.54) is 23.1 Å². The zero-order valence-corrected chi connectivity index (χ0v) is 15.9. The van der Waals surface area contributed by atoms with Gasteiger partial charge >= 0.3 is 5.97 Å². The summed E-state index contributed by atoms with van der Waals surface area (Å²) in [6.45, 7) is 0.388. The van der Waals surface area contributed by atoms with E-state index in [0.29, 0.717) is 30.4 Å². The van der Waals surface area contributed by atoms with Crippen LogP contribution in [0, 0.1) is 11.7 Å². The Balaban J connectivity index is 1.30. The number of para-hydroxylation sites is 1. The number of esters is 1. The highest BCUT2D eigenvalue weighted by atomic mass is 19.1. The second kappa shape index (κ2) is 8.40. The minimum atomic E-state index is -0.765. The van der Waals surface area contributed by atoms with E-state index in [-0.39, 0.29) is 24.6 Å². The van der Waals surface area contributed by atoms with Gasteiger partial charge in [0.05, 0.1) is 11.6 Å². The molecule has 1 atom stereocenters. The first-order valence-corrected chi connectivity index (χ1v) is 9.42. The molecule has 0 radical (unpaired) electrons. The Kier molecular flexibility index (Phi) is 5.51. The molecule has 0 spiro atoms. The second-order valence-corrected chi connectivity index (χ2v) is 6.87. The summed E-state index contributed by atoms with van der Waals surface area (Å²) in [5.74, 6) is -1.78. The fraction of sp³-hybridized carbons (Fsp3) is 0.286. The average molecular weight is 414 g/mol. The number of nitrogens with one attached hydrogen (secondary N) is 1. The number of carbonyl (C=O) groups is 3. The van der Waals surface area contributed by atoms with Gasteiger partial charge in [-0.05, 0) is 24.3 Å². The number of fused-ring (bicyclic) bond motifs is 1. The Morgan fingerprint density at radius 2 is 1.90 bits per heavy atom. The van der Waals surface area contributed by atoms with Gasteiger partial charge in [0.2, 0.25) is 5.91 Å². The van der Waals surface area contributed by atoms with E-state index in [4.69, 9.17) is 14.2 Å². The maximum absolute atomic E-state index is 13.9. The van der Waals surface area contributed by atoms with Crippen molar-refractivity contribution >= 4 is 29.2 Å². The summed E-state index contributed by atoms with van der Waals surface area (Å²) in [7, 11) is 0. The Morgan fingerprint density at radius 1 is 1.13 bits per heavy atom. The molecule has 4 rings (SSSR count). The van der Waals surface area contributed by atoms with Crippen LogP contribution in [0.15, 0.2) is 42.5 Å². The number of carbonyl (C=O) groups excluding carboxylic acids is 3. The van der Waals surface area contributed by atoms with E-state index < -0.39 is 30.2 Å². The van der Waals surface area contributed by atoms with Crippen molar-refractivity contribution in [3.8, 4) is 11.5 Å². The van der Waals surface area contributed by atoms with Gasteiger partial charge in [-0.15, -0.1) is 0 Å². The normalized spacial score (nSPS) is 17.6. The zero-order valence-electron chi connectivity index (χ0n) is 15.9. The maximum atomic E-state index is 13.9. The minimum absolute atomic E-state index is 0.00236. The zero-order chi connectivity index (χ0) is 21.1. The summed E-state index contributed by atoms with van der Waals surface area (Å²) >= 11 is 0. The molecular weight excluding hydrogens is 395 g/mol. The van der Waals surface area contributed by atoms with E-state index >= 15 is 0 Å². The van der Waals surface area contributed by atoms with Crippen LogP contribution in [-0.2, 0) is 19.1 Å². The third kappa shape index (κ3) is 4.19. The average Bonchev–Trinajstić information content (AvgIpc) is 3.14. The number of halogens is 1. The molecule has 0 saturated carbocycles. The number of hydrogen-bond acceptors (Lipinski definition) is 6. The van der Waals surface area contributed by atoms with Crippen molar-refractivity contribution in [1.29, 1.82) is 0 Å². The number of anilines is 2. The van der Waals surface area contributed by atoms with Crippen molar-refractivity contribution in [3.05, 3.63) is 48.3 Å². The van der Waals surface area contributed by atoms with Gasteiger partial charge in [-0.2, -0.15) is 0 Å². The summed E-state index contributed by atoms with van der Waals surface area (Å²) in [6, 6.07) is 10.8. The van der Waals surface area contributed by atoms with Gasteiger partial charge in [0.25, 0.3) is 5.91 Å². The second-order valence-electron chi connectivity index (χ2n) is 6.87. The Hall–Kier alpha value is -3.62. The molecule has 1 saturated heterocycles. The quantitative estimate of drug-likeness (QED) is 0.754. The molecule has 0 unspecified atom stereocenters. The van der Waals surface area contributed by atoms with Crippen molar-refractivity contribution in [2.24, 2.45) is 5.92 Å². The van der Waals surface area contributed by atoms with Crippen LogP contribution in [0.25, 0.3) is 0 Å². The lowest BCUT2D eigenvalue weighted by atomic mass is 10.1. The van der Waals surface area contributed by atoms with E-state index in [0.717, 1.165) is 0 Å². The third-order valence-electron chi connectivity index (χ3n) is 4.77. The molecule has 2 amide bonds. The first-order chi connectivity index (χ1) is 14.5. The molecule has 9 heteroatoms. The van der Waals surface area contributed by atoms with Crippen LogP contribution < -0.4 is 19.7 Å². The molecule has 2 aromatic rings. The van der Waals surface area contributed by atoms with Gasteiger partial charge in [-0.3, -0.25) is 14.4 Å². The van der Waals surface area contributed by atoms with Gasteiger partial charge in [0.15, 0.2) is 18.1 Å². The number of amides is 2. The first-order valence-electron chi connectivity index (χ1n) is 9.42. The molecule has 2 aliphatic heterocycles. The summed E-state index contributed by atoms with van der Waals surface area (Å²) in [5.41, 5.74) is 0.594. The Bertz CT molecular complexity index is 995. The summed E-state index contributed by atoms with van der Waals surface area (Å²) in [6.07, 6.45) is -0.100. The number of hydrogen-bond donors (Lipinski definition) is 1. The van der Waals surface area contributed by atoms with Crippen LogP contribution in [0.3, 0.4) is 0 Å². The van der Waals surface area contributed by atoms with Gasteiger partial charge in [-0.1, -0.05) is 12.1 Å². The molecule has 30 heavy (non-hydrogen) atoms. The van der Waals surface area contributed by atoms with Crippen LogP contribution in [0.4, 0.5) is 15.8 Å². The van der Waals surface area contributed by atoms with Crippen molar-refractivity contribution in [3.63, 3.8) is 0 Å². The van der Waals surface area contributed by atoms with Gasteiger partial charge in [0.1, 0.15) is 19.0 Å². The van der Waals surface area contributed by atoms with Crippen LogP contribution in [-0.4, -0.2) is 44.1 Å². The van der Waals surface area contributed by atoms with Crippen LogP contribution in [0.5, 0.6) is 11.5 Å². The maximum Gasteiger partial charge on any atom is 0.311 e. The van der Waals surface area contributed by atoms with E-state index in [9.17, 15) is 18.8 Å². The van der Waals surface area contributed by atoms with Crippen LogP contribution in [0.2, 0.25) is 0 Å². The van der Waals surface area contributed by atoms with E-state index in [1.807, 2.05) is 0 Å². The molecule has 2 heterocycles. The topological polar surface area (TPSA) is 94.2 Å². The number of rotatable bonds is 5. The van der Waals surface area contributed by atoms with Crippen molar-refractivity contribution in [1.82, 2.24) is 0 Å². The molecule has 0 aliphatic carbocycles. The smallest absolute Gasteiger partial charge is 0.311 e. The highest BCUT2D eigenvalue weighted by Gasteiger charge is 2.37. The SMILES string of the molecule is O=C(COC(=O)[C@@H]1CC(=O)N(c2ccccc2F)C1)Nc1ccc2c(c1)OCCO2. The predicted molar refractivity (Wildman–Crippen MR) is 104 cm³/mol. The molecule has 2 aromatic carbocycles. The summed E-state index contributed by atoms with van der Waals surface area (Å²) in [4.78, 5) is 37.8. The third-order valence-corrected chi connectivity index (χ3v) is 4.77. The first kappa shape index (κ1) is 19.7. The summed E-state index contributed by atoms with van der Waals surface area (Å²) in [5, 5.41) is 2.61. The van der Waals surface area contributed by atoms with Gasteiger partial charge < -0.3 is 24.4 Å². The van der Waals surface area contributed by atoms with Crippen molar-refractivity contribution in [2.45, 2.75) is 6.42 Å². The molecule has 0 bridgehead atoms. The summed E-state index contributed by atoms with van der Waals surface area (Å²) < 4.78 is 29.9. The minimum Gasteiger partial charge on any atom is -0.486 e. The lowest BCUT2D eigenvalue weighted by Crippen LogP contribution is -2.28. The molecule has 8 nitrogen and oxygen atoms in total. The Labute approximate surface area is 171 Å². The van der Waals surface area contributed by atoms with Gasteiger partial charge in [0, 0.05) is 24.7 Å². The Morgan fingerprint density at radius 3 is 2.70 bits per heavy atom. The monoisotopic (exact) mass is 414 g/mol. The highest BCUT2D eigenvalue weighted by molar-refractivity contribution is 6.00. The van der Waals surface area contributed by atoms with Crippen LogP contribution in [0.1, 0.15) is 6.42 Å². The fourth-order valence-electron chi connectivity index (χ4n) is 3.34. The molecule has 2 aliphatic rings. The molecule has 156 valence electrons. The fourth-order valence-corrected chi connectivity index (χ4v) is 3.34. The highest BCUT2D eigenvalue weighted by Crippen LogP contribution is 2.32. The van der Waals surface area contributed by atoms with E-state index in [1.54, 1.807) is 24.3 Å². The largest absolute Gasteiger partial charge is 0.486 e. The lowest BCUT2D eigenvalue weighted by molar-refractivity contribution is -0.151.